The molecule has 0 radical (unpaired) electrons. The molecule has 1 amide bonds. The SMILES string of the molecule is CCC/C=C\CCCCCCCC(=O)NC(COC1OC(CO)C(O)C(O)C1O)C(O)/C=C/CC/C=C/CC/C=C/CCCCCC. The van der Waals surface area contributed by atoms with E-state index < -0.39 is 49.5 Å². The highest BCUT2D eigenvalue weighted by atomic mass is 16.7. The molecule has 1 saturated heterocycles. The van der Waals surface area contributed by atoms with Crippen molar-refractivity contribution in [1.82, 2.24) is 5.32 Å². The Morgan fingerprint density at radius 1 is 0.702 bits per heavy atom. The first-order valence-corrected chi connectivity index (χ1v) is 18.4. The fourth-order valence-electron chi connectivity index (χ4n) is 5.30. The smallest absolute Gasteiger partial charge is 0.220 e. The van der Waals surface area contributed by atoms with Crippen LogP contribution in [0, 0.1) is 0 Å². The van der Waals surface area contributed by atoms with Crippen LogP contribution >= 0.6 is 0 Å². The zero-order valence-electron chi connectivity index (χ0n) is 29.3. The van der Waals surface area contributed by atoms with Gasteiger partial charge in [-0.05, 0) is 64.2 Å². The average Bonchev–Trinajstić information content (AvgIpc) is 3.07. The van der Waals surface area contributed by atoms with Crippen molar-refractivity contribution in [3.63, 3.8) is 0 Å². The second kappa shape index (κ2) is 29.1. The second-order valence-corrected chi connectivity index (χ2v) is 12.6. The van der Waals surface area contributed by atoms with Crippen molar-refractivity contribution >= 4 is 5.91 Å². The van der Waals surface area contributed by atoms with Crippen LogP contribution < -0.4 is 5.32 Å². The fraction of sp³-hybridized carbons (Fsp3) is 0.763. The molecule has 1 aliphatic rings. The van der Waals surface area contributed by atoms with E-state index >= 15 is 0 Å². The lowest BCUT2D eigenvalue weighted by Gasteiger charge is -2.40. The first-order valence-electron chi connectivity index (χ1n) is 18.4. The molecule has 6 N–H and O–H groups in total. The monoisotopic (exact) mass is 665 g/mol. The number of ether oxygens (including phenoxy) is 2. The lowest BCUT2D eigenvalue weighted by Crippen LogP contribution is -2.60. The molecule has 0 aromatic rings. The van der Waals surface area contributed by atoms with Crippen LogP contribution in [0.2, 0.25) is 0 Å². The van der Waals surface area contributed by atoms with E-state index in [1.54, 1.807) is 6.08 Å². The predicted molar refractivity (Wildman–Crippen MR) is 189 cm³/mol. The van der Waals surface area contributed by atoms with E-state index in [4.69, 9.17) is 9.47 Å². The van der Waals surface area contributed by atoms with Crippen LogP contribution in [0.4, 0.5) is 0 Å². The number of hydrogen-bond donors (Lipinski definition) is 6. The van der Waals surface area contributed by atoms with E-state index in [2.05, 4.69) is 55.6 Å². The molecular weight excluding hydrogens is 598 g/mol. The third-order valence-corrected chi connectivity index (χ3v) is 8.33. The summed E-state index contributed by atoms with van der Waals surface area (Å²) in [7, 11) is 0. The maximum Gasteiger partial charge on any atom is 0.220 e. The first-order chi connectivity index (χ1) is 22.8. The number of aliphatic hydroxyl groups is 5. The molecule has 272 valence electrons. The highest BCUT2D eigenvalue weighted by molar-refractivity contribution is 5.76. The molecule has 1 heterocycles. The lowest BCUT2D eigenvalue weighted by molar-refractivity contribution is -0.302. The van der Waals surface area contributed by atoms with Crippen molar-refractivity contribution < 1.29 is 39.8 Å². The van der Waals surface area contributed by atoms with Crippen LogP contribution in [0.3, 0.4) is 0 Å². The number of amides is 1. The molecular formula is C38H67NO8. The molecule has 0 spiro atoms. The van der Waals surface area contributed by atoms with Gasteiger partial charge in [-0.2, -0.15) is 0 Å². The zero-order chi connectivity index (χ0) is 34.5. The van der Waals surface area contributed by atoms with E-state index in [9.17, 15) is 30.3 Å². The Morgan fingerprint density at radius 2 is 1.26 bits per heavy atom. The van der Waals surface area contributed by atoms with Crippen LogP contribution in [-0.2, 0) is 14.3 Å². The van der Waals surface area contributed by atoms with Crippen molar-refractivity contribution in [2.45, 2.75) is 172 Å². The molecule has 0 aromatic heterocycles. The Balaban J connectivity index is 2.54. The van der Waals surface area contributed by atoms with Crippen molar-refractivity contribution in [2.75, 3.05) is 13.2 Å². The molecule has 1 aliphatic heterocycles. The topological polar surface area (TPSA) is 149 Å². The first kappa shape index (κ1) is 43.2. The molecule has 1 fully saturated rings. The summed E-state index contributed by atoms with van der Waals surface area (Å²) in [6.45, 7) is 3.61. The number of rotatable bonds is 28. The molecule has 47 heavy (non-hydrogen) atoms. The molecule has 0 saturated carbocycles. The minimum atomic E-state index is -1.57. The molecule has 7 atom stereocenters. The minimum absolute atomic E-state index is 0.208. The number of nitrogens with one attached hydrogen (secondary N) is 1. The molecule has 9 heteroatoms. The van der Waals surface area contributed by atoms with Crippen LogP contribution in [0.1, 0.15) is 129 Å². The standard InChI is InChI=1S/C38H67NO8/c1-3-5-7-9-11-13-15-16-17-18-19-21-23-25-27-32(41)31(30-46-38-37(45)36(44)35(43)33(29-40)47-38)39-34(42)28-26-24-22-20-14-12-10-8-6-4-2/h8,10,13,15,18-19,25,27,31-33,35-38,40-41,43-45H,3-7,9,11-12,14,16-17,20-24,26,28-30H2,1-2H3,(H,39,42)/b10-8-,15-13+,19-18+,27-25+. The Kier molecular flexibility index (Phi) is 26.7. The Hall–Kier alpha value is -1.85. The van der Waals surface area contributed by atoms with Gasteiger partial charge in [0.1, 0.15) is 24.4 Å². The predicted octanol–water partition coefficient (Wildman–Crippen LogP) is 5.94. The van der Waals surface area contributed by atoms with Crippen molar-refractivity contribution in [2.24, 2.45) is 0 Å². The number of unbranched alkanes of at least 4 members (excludes halogenated alkanes) is 12. The molecule has 7 unspecified atom stereocenters. The van der Waals surface area contributed by atoms with Gasteiger partial charge in [0.2, 0.25) is 5.91 Å². The Labute approximate surface area is 284 Å². The van der Waals surface area contributed by atoms with Gasteiger partial charge in [0, 0.05) is 6.42 Å². The fourth-order valence-corrected chi connectivity index (χ4v) is 5.30. The maximum absolute atomic E-state index is 12.8. The normalized spacial score (nSPS) is 23.4. The van der Waals surface area contributed by atoms with Gasteiger partial charge in [-0.1, -0.05) is 107 Å². The van der Waals surface area contributed by atoms with Crippen LogP contribution in [0.5, 0.6) is 0 Å². The van der Waals surface area contributed by atoms with Gasteiger partial charge in [0.25, 0.3) is 0 Å². The van der Waals surface area contributed by atoms with Gasteiger partial charge in [0.15, 0.2) is 6.29 Å². The van der Waals surface area contributed by atoms with Gasteiger partial charge in [-0.3, -0.25) is 4.79 Å². The van der Waals surface area contributed by atoms with Gasteiger partial charge in [0.05, 0.1) is 25.4 Å². The van der Waals surface area contributed by atoms with E-state index in [0.717, 1.165) is 77.0 Å². The molecule has 9 nitrogen and oxygen atoms in total. The van der Waals surface area contributed by atoms with Gasteiger partial charge in [-0.25, -0.2) is 0 Å². The van der Waals surface area contributed by atoms with Crippen LogP contribution in [-0.4, -0.2) is 87.5 Å². The summed E-state index contributed by atoms with van der Waals surface area (Å²) in [5, 5.41) is 53.7. The van der Waals surface area contributed by atoms with E-state index in [-0.39, 0.29) is 12.5 Å². The highest BCUT2D eigenvalue weighted by Gasteiger charge is 2.44. The molecule has 0 aromatic carbocycles. The molecule has 1 rings (SSSR count). The van der Waals surface area contributed by atoms with Gasteiger partial charge in [-0.15, -0.1) is 0 Å². The van der Waals surface area contributed by atoms with E-state index in [0.29, 0.717) is 6.42 Å². The maximum atomic E-state index is 12.8. The third kappa shape index (κ3) is 21.0. The minimum Gasteiger partial charge on any atom is -0.394 e. The average molecular weight is 666 g/mol. The number of carbonyl (C=O) groups is 1. The summed E-state index contributed by atoms with van der Waals surface area (Å²) in [6.07, 6.45) is 27.3. The number of aliphatic hydroxyl groups excluding tert-OH is 5. The van der Waals surface area contributed by atoms with Crippen molar-refractivity contribution in [1.29, 1.82) is 0 Å². The Bertz CT molecular complexity index is 874. The largest absolute Gasteiger partial charge is 0.394 e. The van der Waals surface area contributed by atoms with Gasteiger partial charge < -0.3 is 40.3 Å². The van der Waals surface area contributed by atoms with Gasteiger partial charge >= 0.3 is 0 Å². The zero-order valence-corrected chi connectivity index (χ0v) is 29.3. The lowest BCUT2D eigenvalue weighted by atomic mass is 9.99. The highest BCUT2D eigenvalue weighted by Crippen LogP contribution is 2.22. The Morgan fingerprint density at radius 3 is 1.87 bits per heavy atom. The molecule has 0 aliphatic carbocycles. The summed E-state index contributed by atoms with van der Waals surface area (Å²) < 4.78 is 11.1. The summed E-state index contributed by atoms with van der Waals surface area (Å²) in [4.78, 5) is 12.8. The molecule has 0 bridgehead atoms. The number of hydrogen-bond acceptors (Lipinski definition) is 8. The summed E-state index contributed by atoms with van der Waals surface area (Å²) in [6, 6.07) is -0.828. The second-order valence-electron chi connectivity index (χ2n) is 12.6. The summed E-state index contributed by atoms with van der Waals surface area (Å²) in [5.74, 6) is -0.208. The van der Waals surface area contributed by atoms with Crippen LogP contribution in [0.25, 0.3) is 0 Å². The third-order valence-electron chi connectivity index (χ3n) is 8.33. The van der Waals surface area contributed by atoms with Crippen molar-refractivity contribution in [3.8, 4) is 0 Å². The van der Waals surface area contributed by atoms with Crippen LogP contribution in [0.15, 0.2) is 48.6 Å². The number of allylic oxidation sites excluding steroid dienone is 7. The number of carbonyl (C=O) groups excluding carboxylic acids is 1. The van der Waals surface area contributed by atoms with Crippen molar-refractivity contribution in [3.05, 3.63) is 48.6 Å². The van der Waals surface area contributed by atoms with E-state index in [1.807, 2.05) is 6.08 Å². The summed E-state index contributed by atoms with van der Waals surface area (Å²) >= 11 is 0. The quantitative estimate of drug-likeness (QED) is 0.0445. The van der Waals surface area contributed by atoms with E-state index in [1.165, 1.54) is 32.1 Å². The summed E-state index contributed by atoms with van der Waals surface area (Å²) in [5.41, 5.74) is 0.